The second kappa shape index (κ2) is 3.91. The van der Waals surface area contributed by atoms with E-state index in [0.717, 1.165) is 10.6 Å². The first-order valence-electron chi connectivity index (χ1n) is 3.87. The normalized spacial score (nSPS) is 9.43. The molecular weight excluding hydrogens is 198 g/mol. The number of aliphatic imine (C=N–C) groups is 1. The lowest BCUT2D eigenvalue weighted by Crippen LogP contribution is -1.74. The molecule has 0 saturated carbocycles. The predicted molar refractivity (Wildman–Crippen MR) is 53.1 cm³/mol. The van der Waals surface area contributed by atoms with Crippen molar-refractivity contribution in [2.24, 2.45) is 4.99 Å². The van der Waals surface area contributed by atoms with Gasteiger partial charge in [0.2, 0.25) is 11.2 Å². The number of hydrogen-bond acceptors (Lipinski definition) is 5. The molecule has 0 radical (unpaired) electrons. The summed E-state index contributed by atoms with van der Waals surface area (Å²) in [6, 6.07) is 9.61. The Hall–Kier alpha value is -1.84. The zero-order valence-electron chi connectivity index (χ0n) is 7.04. The van der Waals surface area contributed by atoms with Crippen molar-refractivity contribution in [3.05, 3.63) is 30.3 Å². The van der Waals surface area contributed by atoms with Gasteiger partial charge in [0.15, 0.2) is 0 Å². The van der Waals surface area contributed by atoms with Gasteiger partial charge in [-0.3, -0.25) is 0 Å². The zero-order chi connectivity index (χ0) is 9.80. The molecule has 0 unspecified atom stereocenters. The number of benzene rings is 1. The fourth-order valence-electron chi connectivity index (χ4n) is 0.997. The van der Waals surface area contributed by atoms with E-state index in [4.69, 9.17) is 0 Å². The minimum Gasteiger partial charge on any atom is -0.211 e. The SMILES string of the molecule is O=C=Nc1nnc(-c2ccccc2)s1. The fraction of sp³-hybridized carbons (Fsp3) is 0. The lowest BCUT2D eigenvalue weighted by molar-refractivity contribution is 0.565. The molecule has 14 heavy (non-hydrogen) atoms. The van der Waals surface area contributed by atoms with Crippen molar-refractivity contribution in [2.45, 2.75) is 0 Å². The van der Waals surface area contributed by atoms with Gasteiger partial charge in [-0.2, -0.15) is 0 Å². The lowest BCUT2D eigenvalue weighted by atomic mass is 10.2. The molecule has 0 N–H and O–H groups in total. The fourth-order valence-corrected chi connectivity index (χ4v) is 1.67. The Kier molecular flexibility index (Phi) is 2.44. The highest BCUT2D eigenvalue weighted by molar-refractivity contribution is 7.18. The van der Waals surface area contributed by atoms with Crippen molar-refractivity contribution in [2.75, 3.05) is 0 Å². The van der Waals surface area contributed by atoms with Gasteiger partial charge in [0.1, 0.15) is 5.01 Å². The maximum Gasteiger partial charge on any atom is 0.243 e. The highest BCUT2D eigenvalue weighted by Crippen LogP contribution is 2.26. The second-order valence-electron chi connectivity index (χ2n) is 2.46. The Morgan fingerprint density at radius 3 is 2.71 bits per heavy atom. The van der Waals surface area contributed by atoms with Crippen LogP contribution in [0.5, 0.6) is 0 Å². The summed E-state index contributed by atoms with van der Waals surface area (Å²) in [5.41, 5.74) is 0.970. The highest BCUT2D eigenvalue weighted by atomic mass is 32.1. The third-order valence-corrected chi connectivity index (χ3v) is 2.44. The summed E-state index contributed by atoms with van der Waals surface area (Å²) in [7, 11) is 0. The number of nitrogens with zero attached hydrogens (tertiary/aromatic N) is 3. The molecule has 0 fully saturated rings. The van der Waals surface area contributed by atoms with Crippen molar-refractivity contribution in [3.63, 3.8) is 0 Å². The lowest BCUT2D eigenvalue weighted by Gasteiger charge is -1.90. The first kappa shape index (κ1) is 8.74. The first-order chi connectivity index (χ1) is 6.90. The molecule has 1 heterocycles. The van der Waals surface area contributed by atoms with E-state index in [-0.39, 0.29) is 0 Å². The zero-order valence-corrected chi connectivity index (χ0v) is 7.86. The predicted octanol–water partition coefficient (Wildman–Crippen LogP) is 2.17. The second-order valence-corrected chi connectivity index (χ2v) is 3.41. The Bertz CT molecular complexity index is 474. The molecule has 0 aliphatic carbocycles. The van der Waals surface area contributed by atoms with Crippen LogP contribution in [0.3, 0.4) is 0 Å². The van der Waals surface area contributed by atoms with Gasteiger partial charge >= 0.3 is 0 Å². The van der Waals surface area contributed by atoms with Crippen LogP contribution in [0.15, 0.2) is 35.3 Å². The van der Waals surface area contributed by atoms with E-state index in [1.165, 1.54) is 17.4 Å². The van der Waals surface area contributed by atoms with E-state index in [2.05, 4.69) is 15.2 Å². The monoisotopic (exact) mass is 203 g/mol. The van der Waals surface area contributed by atoms with Gasteiger partial charge < -0.3 is 0 Å². The van der Waals surface area contributed by atoms with Gasteiger partial charge in [0.25, 0.3) is 0 Å². The molecule has 0 saturated heterocycles. The number of rotatable bonds is 2. The minimum atomic E-state index is 0.332. The molecule has 0 aliphatic heterocycles. The summed E-state index contributed by atoms with van der Waals surface area (Å²) in [5, 5.41) is 8.70. The average Bonchev–Trinajstić information content (AvgIpc) is 2.68. The van der Waals surface area contributed by atoms with Gasteiger partial charge in [-0.15, -0.1) is 15.2 Å². The summed E-state index contributed by atoms with van der Waals surface area (Å²) < 4.78 is 0. The van der Waals surface area contributed by atoms with Crippen molar-refractivity contribution < 1.29 is 4.79 Å². The first-order valence-corrected chi connectivity index (χ1v) is 4.68. The molecule has 0 spiro atoms. The van der Waals surface area contributed by atoms with Crippen molar-refractivity contribution >= 4 is 22.5 Å². The van der Waals surface area contributed by atoms with E-state index < -0.39 is 0 Å². The maximum absolute atomic E-state index is 9.97. The smallest absolute Gasteiger partial charge is 0.211 e. The maximum atomic E-state index is 9.97. The number of isocyanates is 1. The summed E-state index contributed by atoms with van der Waals surface area (Å²) in [6.07, 6.45) is 1.43. The van der Waals surface area contributed by atoms with Gasteiger partial charge in [0.05, 0.1) is 0 Å². The van der Waals surface area contributed by atoms with E-state index in [9.17, 15) is 4.79 Å². The van der Waals surface area contributed by atoms with Crippen LogP contribution < -0.4 is 0 Å². The standard InChI is InChI=1S/C9H5N3OS/c13-6-10-9-12-11-8(14-9)7-4-2-1-3-5-7/h1-5H. The van der Waals surface area contributed by atoms with Gasteiger partial charge in [-0.1, -0.05) is 41.7 Å². The molecule has 2 aromatic rings. The Balaban J connectivity index is 2.39. The molecule has 0 amide bonds. The quantitative estimate of drug-likeness (QED) is 0.555. The molecule has 4 nitrogen and oxygen atoms in total. The molecular formula is C9H5N3OS. The van der Waals surface area contributed by atoms with E-state index in [0.29, 0.717) is 5.13 Å². The summed E-state index contributed by atoms with van der Waals surface area (Å²) >= 11 is 1.26. The van der Waals surface area contributed by atoms with Crippen molar-refractivity contribution in [1.29, 1.82) is 0 Å². The number of aromatic nitrogens is 2. The molecule has 1 aromatic carbocycles. The van der Waals surface area contributed by atoms with E-state index in [1.807, 2.05) is 30.3 Å². The van der Waals surface area contributed by atoms with Crippen molar-refractivity contribution in [1.82, 2.24) is 10.2 Å². The van der Waals surface area contributed by atoms with Crippen molar-refractivity contribution in [3.8, 4) is 10.6 Å². The highest BCUT2D eigenvalue weighted by Gasteiger charge is 2.04. The average molecular weight is 203 g/mol. The van der Waals surface area contributed by atoms with Crippen LogP contribution in [0.2, 0.25) is 0 Å². The largest absolute Gasteiger partial charge is 0.243 e. The molecule has 0 atom stereocenters. The number of hydrogen-bond donors (Lipinski definition) is 0. The van der Waals surface area contributed by atoms with Gasteiger partial charge in [-0.05, 0) is 0 Å². The summed E-state index contributed by atoms with van der Waals surface area (Å²) in [4.78, 5) is 13.4. The van der Waals surface area contributed by atoms with Crippen LogP contribution in [0.4, 0.5) is 5.13 Å². The third kappa shape index (κ3) is 1.74. The van der Waals surface area contributed by atoms with Crippen LogP contribution >= 0.6 is 11.3 Å². The molecule has 2 rings (SSSR count). The Morgan fingerprint density at radius 2 is 2.00 bits per heavy atom. The molecule has 0 bridgehead atoms. The van der Waals surface area contributed by atoms with E-state index in [1.54, 1.807) is 0 Å². The topological polar surface area (TPSA) is 55.2 Å². The summed E-state index contributed by atoms with van der Waals surface area (Å²) in [5.74, 6) is 0. The van der Waals surface area contributed by atoms with Gasteiger partial charge in [-0.25, -0.2) is 4.79 Å². The van der Waals surface area contributed by atoms with Crippen LogP contribution in [-0.4, -0.2) is 16.3 Å². The summed E-state index contributed by atoms with van der Waals surface area (Å²) in [6.45, 7) is 0. The minimum absolute atomic E-state index is 0.332. The molecule has 0 aliphatic rings. The molecule has 5 heteroatoms. The number of carbonyl (C=O) groups excluding carboxylic acids is 1. The van der Waals surface area contributed by atoms with Crippen LogP contribution in [0.25, 0.3) is 10.6 Å². The Morgan fingerprint density at radius 1 is 1.21 bits per heavy atom. The van der Waals surface area contributed by atoms with E-state index >= 15 is 0 Å². The Labute approximate surface area is 84.0 Å². The molecule has 68 valence electrons. The van der Waals surface area contributed by atoms with Gasteiger partial charge in [0, 0.05) is 5.56 Å². The molecule has 1 aromatic heterocycles. The third-order valence-electron chi connectivity index (χ3n) is 1.58. The van der Waals surface area contributed by atoms with Crippen LogP contribution in [-0.2, 0) is 4.79 Å². The van der Waals surface area contributed by atoms with Crippen LogP contribution in [0.1, 0.15) is 0 Å². The van der Waals surface area contributed by atoms with Crippen LogP contribution in [0, 0.1) is 0 Å².